The predicted octanol–water partition coefficient (Wildman–Crippen LogP) is -0.515. The Hall–Kier alpha value is -1.65. The molecule has 0 aliphatic carbocycles. The highest BCUT2D eigenvalue weighted by molar-refractivity contribution is 5.39. The van der Waals surface area contributed by atoms with Crippen molar-refractivity contribution in [3.05, 3.63) is 22.2 Å². The SMILES string of the molecule is Nc1nc(=O)n(C2CC(O)C(CO)O2)cc1C(F)(F)F. The fraction of sp³-hybridized carbons (Fsp3) is 0.600. The zero-order valence-corrected chi connectivity index (χ0v) is 10.0. The Morgan fingerprint density at radius 2 is 2.20 bits per heavy atom. The van der Waals surface area contributed by atoms with Crippen molar-refractivity contribution in [1.82, 2.24) is 9.55 Å². The molecule has 0 bridgehead atoms. The minimum Gasteiger partial charge on any atom is -0.394 e. The van der Waals surface area contributed by atoms with Crippen LogP contribution in [-0.2, 0) is 10.9 Å². The van der Waals surface area contributed by atoms with Gasteiger partial charge in [0.15, 0.2) is 0 Å². The second-order valence-electron chi connectivity index (χ2n) is 4.34. The number of aliphatic hydroxyl groups excluding tert-OH is 2. The molecule has 112 valence electrons. The largest absolute Gasteiger partial charge is 0.421 e. The van der Waals surface area contributed by atoms with Gasteiger partial charge < -0.3 is 20.7 Å². The molecule has 0 radical (unpaired) electrons. The molecule has 3 unspecified atom stereocenters. The molecule has 1 aromatic rings. The second-order valence-corrected chi connectivity index (χ2v) is 4.34. The van der Waals surface area contributed by atoms with E-state index in [-0.39, 0.29) is 6.42 Å². The van der Waals surface area contributed by atoms with Gasteiger partial charge in [-0.3, -0.25) is 4.57 Å². The fourth-order valence-corrected chi connectivity index (χ4v) is 1.96. The lowest BCUT2D eigenvalue weighted by atomic mass is 10.2. The van der Waals surface area contributed by atoms with E-state index in [1.807, 2.05) is 0 Å². The molecule has 2 rings (SSSR count). The summed E-state index contributed by atoms with van der Waals surface area (Å²) in [6.07, 6.45) is -7.57. The number of hydrogen-bond acceptors (Lipinski definition) is 6. The minimum atomic E-state index is -4.76. The molecule has 3 atom stereocenters. The third-order valence-corrected chi connectivity index (χ3v) is 2.98. The topological polar surface area (TPSA) is 111 Å². The van der Waals surface area contributed by atoms with E-state index in [0.29, 0.717) is 10.8 Å². The van der Waals surface area contributed by atoms with Crippen molar-refractivity contribution < 1.29 is 28.1 Å². The number of hydrogen-bond donors (Lipinski definition) is 3. The van der Waals surface area contributed by atoms with Gasteiger partial charge in [-0.05, 0) is 0 Å². The van der Waals surface area contributed by atoms with Gasteiger partial charge in [-0.1, -0.05) is 0 Å². The van der Waals surface area contributed by atoms with Crippen LogP contribution in [0.5, 0.6) is 0 Å². The summed E-state index contributed by atoms with van der Waals surface area (Å²) < 4.78 is 43.8. The van der Waals surface area contributed by atoms with E-state index >= 15 is 0 Å². The third-order valence-electron chi connectivity index (χ3n) is 2.98. The maximum absolute atomic E-state index is 12.7. The molecule has 2 heterocycles. The van der Waals surface area contributed by atoms with Crippen LogP contribution in [-0.4, -0.2) is 38.6 Å². The summed E-state index contributed by atoms with van der Waals surface area (Å²) in [5, 5.41) is 18.4. The molecule has 10 heteroatoms. The Morgan fingerprint density at radius 3 is 2.70 bits per heavy atom. The molecule has 0 saturated carbocycles. The Kier molecular flexibility index (Phi) is 3.71. The molecular formula is C10H12F3N3O4. The van der Waals surface area contributed by atoms with Gasteiger partial charge in [0.25, 0.3) is 0 Å². The van der Waals surface area contributed by atoms with E-state index < -0.39 is 48.3 Å². The van der Waals surface area contributed by atoms with Gasteiger partial charge in [-0.2, -0.15) is 18.2 Å². The van der Waals surface area contributed by atoms with Crippen molar-refractivity contribution >= 4 is 5.82 Å². The van der Waals surface area contributed by atoms with Crippen molar-refractivity contribution in [2.45, 2.75) is 31.0 Å². The average Bonchev–Trinajstić information content (AvgIpc) is 2.68. The first-order valence-corrected chi connectivity index (χ1v) is 5.64. The number of rotatable bonds is 2. The predicted molar refractivity (Wildman–Crippen MR) is 59.5 cm³/mol. The van der Waals surface area contributed by atoms with Crippen LogP contribution in [0.15, 0.2) is 11.0 Å². The molecule has 0 amide bonds. The van der Waals surface area contributed by atoms with Crippen LogP contribution in [0.3, 0.4) is 0 Å². The van der Waals surface area contributed by atoms with E-state index in [1.54, 1.807) is 0 Å². The molecule has 7 nitrogen and oxygen atoms in total. The first-order chi connectivity index (χ1) is 9.24. The Labute approximate surface area is 110 Å². The highest BCUT2D eigenvalue weighted by Gasteiger charge is 2.38. The standard InChI is InChI=1S/C10H12F3N3O4/c11-10(12,13)4-2-16(9(19)15-8(4)14)7-1-5(18)6(3-17)20-7/h2,5-7,17-18H,1,3H2,(H2,14,15,19). The molecule has 1 aliphatic heterocycles. The van der Waals surface area contributed by atoms with E-state index in [2.05, 4.69) is 4.98 Å². The number of nitrogens with two attached hydrogens (primary N) is 1. The summed E-state index contributed by atoms with van der Waals surface area (Å²) >= 11 is 0. The van der Waals surface area contributed by atoms with Crippen molar-refractivity contribution in [2.75, 3.05) is 12.3 Å². The highest BCUT2D eigenvalue weighted by atomic mass is 19.4. The number of anilines is 1. The van der Waals surface area contributed by atoms with Gasteiger partial charge in [0, 0.05) is 12.6 Å². The minimum absolute atomic E-state index is 0.131. The van der Waals surface area contributed by atoms with Crippen LogP contribution in [0.4, 0.5) is 19.0 Å². The number of aromatic nitrogens is 2. The summed E-state index contributed by atoms with van der Waals surface area (Å²) in [6.45, 7) is -0.513. The van der Waals surface area contributed by atoms with Crippen molar-refractivity contribution in [3.8, 4) is 0 Å². The summed E-state index contributed by atoms with van der Waals surface area (Å²) in [4.78, 5) is 14.7. The fourth-order valence-electron chi connectivity index (χ4n) is 1.96. The van der Waals surface area contributed by atoms with E-state index in [0.717, 1.165) is 0 Å². The second kappa shape index (κ2) is 5.04. The van der Waals surface area contributed by atoms with E-state index in [1.165, 1.54) is 0 Å². The van der Waals surface area contributed by atoms with Crippen LogP contribution in [0.1, 0.15) is 18.2 Å². The maximum Gasteiger partial charge on any atom is 0.421 e. The number of aliphatic hydroxyl groups is 2. The monoisotopic (exact) mass is 295 g/mol. The van der Waals surface area contributed by atoms with Crippen molar-refractivity contribution in [2.24, 2.45) is 0 Å². The van der Waals surface area contributed by atoms with Gasteiger partial charge in [0.2, 0.25) is 0 Å². The van der Waals surface area contributed by atoms with Gasteiger partial charge in [-0.25, -0.2) is 4.79 Å². The van der Waals surface area contributed by atoms with Gasteiger partial charge in [0.1, 0.15) is 23.7 Å². The molecule has 1 saturated heterocycles. The molecule has 4 N–H and O–H groups in total. The molecule has 0 spiro atoms. The summed E-state index contributed by atoms with van der Waals surface area (Å²) in [5.41, 5.74) is 2.80. The maximum atomic E-state index is 12.7. The highest BCUT2D eigenvalue weighted by Crippen LogP contribution is 2.33. The molecular weight excluding hydrogens is 283 g/mol. The Bertz CT molecular complexity index is 560. The molecule has 1 fully saturated rings. The normalized spacial score (nSPS) is 26.9. The van der Waals surface area contributed by atoms with Gasteiger partial charge >= 0.3 is 11.9 Å². The van der Waals surface area contributed by atoms with Crippen molar-refractivity contribution in [1.29, 1.82) is 0 Å². The van der Waals surface area contributed by atoms with Crippen LogP contribution in [0.2, 0.25) is 0 Å². The lowest BCUT2D eigenvalue weighted by Gasteiger charge is -2.17. The average molecular weight is 295 g/mol. The van der Waals surface area contributed by atoms with E-state index in [4.69, 9.17) is 15.6 Å². The number of ether oxygens (including phenoxy) is 1. The number of nitrogen functional groups attached to an aromatic ring is 1. The molecule has 20 heavy (non-hydrogen) atoms. The van der Waals surface area contributed by atoms with Gasteiger partial charge in [-0.15, -0.1) is 0 Å². The Balaban J connectivity index is 2.41. The third kappa shape index (κ3) is 2.62. The quantitative estimate of drug-likeness (QED) is 0.677. The summed E-state index contributed by atoms with van der Waals surface area (Å²) in [6, 6.07) is 0. The number of halogens is 3. The van der Waals surface area contributed by atoms with Crippen molar-refractivity contribution in [3.63, 3.8) is 0 Å². The number of alkyl halides is 3. The number of nitrogens with zero attached hydrogens (tertiary/aromatic N) is 2. The smallest absolute Gasteiger partial charge is 0.394 e. The van der Waals surface area contributed by atoms with E-state index in [9.17, 15) is 23.1 Å². The van der Waals surface area contributed by atoms with Gasteiger partial charge in [0.05, 0.1) is 12.7 Å². The molecule has 0 aromatic carbocycles. The molecule has 1 aliphatic rings. The first kappa shape index (κ1) is 14.8. The summed E-state index contributed by atoms with van der Waals surface area (Å²) in [5.74, 6) is -0.920. The zero-order valence-electron chi connectivity index (χ0n) is 10.0. The molecule has 1 aromatic heterocycles. The Morgan fingerprint density at radius 1 is 1.55 bits per heavy atom. The lowest BCUT2D eigenvalue weighted by Crippen LogP contribution is -2.30. The van der Waals surface area contributed by atoms with Crippen LogP contribution >= 0.6 is 0 Å². The lowest BCUT2D eigenvalue weighted by molar-refractivity contribution is -0.138. The summed E-state index contributed by atoms with van der Waals surface area (Å²) in [7, 11) is 0. The van der Waals surface area contributed by atoms with Crippen LogP contribution in [0, 0.1) is 0 Å². The first-order valence-electron chi connectivity index (χ1n) is 5.64. The zero-order chi connectivity index (χ0) is 15.1. The van der Waals surface area contributed by atoms with Crippen LogP contribution < -0.4 is 11.4 Å². The van der Waals surface area contributed by atoms with Crippen LogP contribution in [0.25, 0.3) is 0 Å².